The third kappa shape index (κ3) is 4.09. The summed E-state index contributed by atoms with van der Waals surface area (Å²) in [7, 11) is 0. The lowest BCUT2D eigenvalue weighted by molar-refractivity contribution is 0.305. The summed E-state index contributed by atoms with van der Waals surface area (Å²) in [6.45, 7) is 11.0. The first kappa shape index (κ1) is 16.0. The summed E-state index contributed by atoms with van der Waals surface area (Å²) >= 11 is 0. The molecule has 1 aromatic heterocycles. The second-order valence-electron chi connectivity index (χ2n) is 7.54. The van der Waals surface area contributed by atoms with Crippen LogP contribution >= 0.6 is 0 Å². The Morgan fingerprint density at radius 2 is 1.74 bits per heavy atom. The molecular weight excluding hydrogens is 286 g/mol. The number of nitrogens with zero attached hydrogens (tertiary/aromatic N) is 4. The molecule has 1 aromatic rings. The number of nitrogens with one attached hydrogen (secondary N) is 1. The second kappa shape index (κ2) is 6.30. The van der Waals surface area contributed by atoms with Crippen LogP contribution in [0.5, 0.6) is 0 Å². The number of rotatable bonds is 3. The predicted molar refractivity (Wildman–Crippen MR) is 94.5 cm³/mol. The van der Waals surface area contributed by atoms with Gasteiger partial charge < -0.3 is 4.90 Å². The molecule has 2 aliphatic rings. The molecule has 0 bridgehead atoms. The van der Waals surface area contributed by atoms with Gasteiger partial charge in [0.25, 0.3) is 0 Å². The molecule has 5 heteroatoms. The first-order chi connectivity index (χ1) is 10.9. The highest BCUT2D eigenvalue weighted by Gasteiger charge is 2.29. The Kier molecular flexibility index (Phi) is 4.37. The van der Waals surface area contributed by atoms with E-state index in [1.165, 1.54) is 31.6 Å². The van der Waals surface area contributed by atoms with Crippen molar-refractivity contribution in [2.24, 2.45) is 10.5 Å². The molecule has 1 saturated heterocycles. The minimum atomic E-state index is 0.247. The molecule has 124 valence electrons. The minimum Gasteiger partial charge on any atom is -0.375 e. The molecule has 1 N–H and O–H groups in total. The quantitative estimate of drug-likeness (QED) is 0.865. The molecule has 0 unspecified atom stereocenters. The third-order valence-electron chi connectivity index (χ3n) is 4.45. The van der Waals surface area contributed by atoms with Crippen molar-refractivity contribution in [2.45, 2.75) is 53.4 Å². The van der Waals surface area contributed by atoms with Crippen molar-refractivity contribution in [3.63, 3.8) is 0 Å². The van der Waals surface area contributed by atoms with Crippen LogP contribution in [0.25, 0.3) is 0 Å². The van der Waals surface area contributed by atoms with Gasteiger partial charge in [-0.1, -0.05) is 13.8 Å². The average molecular weight is 313 g/mol. The number of likely N-dealkylation sites (tertiary alicyclic amines) is 1. The summed E-state index contributed by atoms with van der Waals surface area (Å²) in [6, 6.07) is 1.97. The van der Waals surface area contributed by atoms with Gasteiger partial charge in [-0.25, -0.2) is 15.4 Å². The Labute approximate surface area is 138 Å². The standard InChI is InChI=1S/C18H27N5/c1-13-9-14(2)20-17(19-13)22-21-15-10-16(12-18(3,4)11-15)23-7-5-6-8-23/h9-10H,5-8,11-12H2,1-4H3,(H,19,20,22)/b21-15+. The van der Waals surface area contributed by atoms with E-state index in [0.717, 1.165) is 29.9 Å². The number of aryl methyl sites for hydroxylation is 2. The molecule has 0 radical (unpaired) electrons. The molecule has 5 nitrogen and oxygen atoms in total. The third-order valence-corrected chi connectivity index (χ3v) is 4.45. The van der Waals surface area contributed by atoms with Gasteiger partial charge in [0.15, 0.2) is 0 Å². The maximum Gasteiger partial charge on any atom is 0.243 e. The lowest BCUT2D eigenvalue weighted by atomic mass is 9.78. The first-order valence-corrected chi connectivity index (χ1v) is 8.52. The summed E-state index contributed by atoms with van der Waals surface area (Å²) < 4.78 is 0. The van der Waals surface area contributed by atoms with Crippen molar-refractivity contribution in [1.29, 1.82) is 0 Å². The minimum absolute atomic E-state index is 0.247. The van der Waals surface area contributed by atoms with Crippen LogP contribution in [0.15, 0.2) is 22.9 Å². The molecule has 0 atom stereocenters. The van der Waals surface area contributed by atoms with Crippen LogP contribution in [-0.2, 0) is 0 Å². The van der Waals surface area contributed by atoms with E-state index in [0.29, 0.717) is 5.95 Å². The Hall–Kier alpha value is -1.91. The smallest absolute Gasteiger partial charge is 0.243 e. The van der Waals surface area contributed by atoms with Crippen LogP contribution in [0.4, 0.5) is 5.95 Å². The van der Waals surface area contributed by atoms with E-state index in [2.05, 4.69) is 45.3 Å². The van der Waals surface area contributed by atoms with Gasteiger partial charge in [-0.15, -0.1) is 0 Å². The van der Waals surface area contributed by atoms with E-state index >= 15 is 0 Å². The molecule has 0 amide bonds. The predicted octanol–water partition coefficient (Wildman–Crippen LogP) is 3.66. The Bertz CT molecular complexity index is 619. The van der Waals surface area contributed by atoms with Gasteiger partial charge >= 0.3 is 0 Å². The molecule has 2 heterocycles. The van der Waals surface area contributed by atoms with Gasteiger partial charge in [0, 0.05) is 30.2 Å². The normalized spacial score (nSPS) is 22.3. The van der Waals surface area contributed by atoms with Crippen LogP contribution < -0.4 is 5.43 Å². The van der Waals surface area contributed by atoms with Crippen LogP contribution in [0.2, 0.25) is 0 Å². The van der Waals surface area contributed by atoms with Crippen molar-refractivity contribution < 1.29 is 0 Å². The molecule has 23 heavy (non-hydrogen) atoms. The topological polar surface area (TPSA) is 53.4 Å². The van der Waals surface area contributed by atoms with Gasteiger partial charge in [-0.3, -0.25) is 0 Å². The Morgan fingerprint density at radius 3 is 2.39 bits per heavy atom. The van der Waals surface area contributed by atoms with Crippen LogP contribution in [0.1, 0.15) is 50.9 Å². The molecule has 3 rings (SSSR count). The van der Waals surface area contributed by atoms with E-state index in [1.54, 1.807) is 0 Å². The zero-order chi connectivity index (χ0) is 16.4. The fourth-order valence-corrected chi connectivity index (χ4v) is 3.51. The lowest BCUT2D eigenvalue weighted by Gasteiger charge is -2.34. The van der Waals surface area contributed by atoms with E-state index in [9.17, 15) is 0 Å². The van der Waals surface area contributed by atoms with Crippen molar-refractivity contribution in [2.75, 3.05) is 18.5 Å². The maximum atomic E-state index is 4.59. The summed E-state index contributed by atoms with van der Waals surface area (Å²) in [4.78, 5) is 11.3. The highest BCUT2D eigenvalue weighted by molar-refractivity contribution is 5.97. The average Bonchev–Trinajstić information content (AvgIpc) is 2.96. The SMILES string of the molecule is Cc1cc(C)nc(N/N=C2\C=C(N3CCCC3)CC(C)(C)C2)n1. The molecule has 1 aliphatic carbocycles. The fourth-order valence-electron chi connectivity index (χ4n) is 3.51. The van der Waals surface area contributed by atoms with E-state index in [1.807, 2.05) is 19.9 Å². The van der Waals surface area contributed by atoms with Crippen molar-refractivity contribution in [1.82, 2.24) is 14.9 Å². The number of anilines is 1. The number of allylic oxidation sites excluding steroid dienone is 2. The van der Waals surface area contributed by atoms with Gasteiger partial charge in [-0.2, -0.15) is 5.10 Å². The van der Waals surface area contributed by atoms with E-state index in [4.69, 9.17) is 0 Å². The van der Waals surface area contributed by atoms with E-state index in [-0.39, 0.29) is 5.41 Å². The summed E-state index contributed by atoms with van der Waals surface area (Å²) in [5.41, 5.74) is 7.73. The van der Waals surface area contributed by atoms with Crippen molar-refractivity contribution >= 4 is 11.7 Å². The van der Waals surface area contributed by atoms with Crippen LogP contribution in [-0.4, -0.2) is 33.7 Å². The number of hydrogen-bond donors (Lipinski definition) is 1. The molecule has 1 fully saturated rings. The molecule has 0 aromatic carbocycles. The summed E-state index contributed by atoms with van der Waals surface area (Å²) in [5.74, 6) is 0.578. The number of hydrogen-bond acceptors (Lipinski definition) is 5. The lowest BCUT2D eigenvalue weighted by Crippen LogP contribution is -2.30. The second-order valence-corrected chi connectivity index (χ2v) is 7.54. The highest BCUT2D eigenvalue weighted by atomic mass is 15.4. The van der Waals surface area contributed by atoms with E-state index < -0.39 is 0 Å². The molecule has 1 aliphatic heterocycles. The number of aromatic nitrogens is 2. The van der Waals surface area contributed by atoms with Gasteiger partial charge in [-0.05, 0) is 57.1 Å². The highest BCUT2D eigenvalue weighted by Crippen LogP contribution is 2.36. The van der Waals surface area contributed by atoms with Gasteiger partial charge in [0.1, 0.15) is 0 Å². The monoisotopic (exact) mass is 313 g/mol. The van der Waals surface area contributed by atoms with Gasteiger partial charge in [0.2, 0.25) is 5.95 Å². The first-order valence-electron chi connectivity index (χ1n) is 8.52. The van der Waals surface area contributed by atoms with Crippen molar-refractivity contribution in [3.05, 3.63) is 29.2 Å². The molecule has 0 spiro atoms. The fraction of sp³-hybridized carbons (Fsp3) is 0.611. The summed E-state index contributed by atoms with van der Waals surface area (Å²) in [6.07, 6.45) is 6.97. The zero-order valence-corrected chi connectivity index (χ0v) is 14.7. The largest absolute Gasteiger partial charge is 0.375 e. The number of hydrazone groups is 1. The summed E-state index contributed by atoms with van der Waals surface area (Å²) in [5, 5.41) is 4.59. The Morgan fingerprint density at radius 1 is 1.09 bits per heavy atom. The van der Waals surface area contributed by atoms with Crippen LogP contribution in [0, 0.1) is 19.3 Å². The van der Waals surface area contributed by atoms with Gasteiger partial charge in [0.05, 0.1) is 5.71 Å². The zero-order valence-electron chi connectivity index (χ0n) is 14.7. The van der Waals surface area contributed by atoms with Crippen molar-refractivity contribution in [3.8, 4) is 0 Å². The Balaban J connectivity index is 1.80. The maximum absolute atomic E-state index is 4.59. The molecular formula is C18H27N5. The molecule has 0 saturated carbocycles. The van der Waals surface area contributed by atoms with Crippen LogP contribution in [0.3, 0.4) is 0 Å².